The van der Waals surface area contributed by atoms with Crippen LogP contribution in [-0.4, -0.2) is 30.6 Å². The molecule has 0 heterocycles. The fourth-order valence-electron chi connectivity index (χ4n) is 1.94. The van der Waals surface area contributed by atoms with E-state index in [0.717, 1.165) is 24.9 Å². The van der Waals surface area contributed by atoms with Crippen molar-refractivity contribution in [2.24, 2.45) is 0 Å². The maximum atomic E-state index is 9.88. The SMILES string of the molecule is CN(C)CCCc1ccc(O)c(C(C)(C)C)c1. The molecule has 0 spiro atoms. The Labute approximate surface area is 105 Å². The number of rotatable bonds is 4. The maximum Gasteiger partial charge on any atom is 0.119 e. The van der Waals surface area contributed by atoms with Gasteiger partial charge < -0.3 is 10.0 Å². The zero-order chi connectivity index (χ0) is 13.1. The summed E-state index contributed by atoms with van der Waals surface area (Å²) in [6.07, 6.45) is 2.23. The predicted molar refractivity (Wildman–Crippen MR) is 73.7 cm³/mol. The molecule has 1 aromatic carbocycles. The van der Waals surface area contributed by atoms with E-state index in [4.69, 9.17) is 0 Å². The molecule has 17 heavy (non-hydrogen) atoms. The molecule has 0 fully saturated rings. The van der Waals surface area contributed by atoms with Crippen LogP contribution in [0.5, 0.6) is 5.75 Å². The summed E-state index contributed by atoms with van der Waals surface area (Å²) >= 11 is 0. The van der Waals surface area contributed by atoms with Crippen LogP contribution in [-0.2, 0) is 11.8 Å². The fourth-order valence-corrected chi connectivity index (χ4v) is 1.94. The number of aryl methyl sites for hydroxylation is 1. The lowest BCUT2D eigenvalue weighted by Crippen LogP contribution is -2.14. The summed E-state index contributed by atoms with van der Waals surface area (Å²) in [5, 5.41) is 9.88. The summed E-state index contributed by atoms with van der Waals surface area (Å²) in [6, 6.07) is 6.00. The van der Waals surface area contributed by atoms with Gasteiger partial charge in [-0.2, -0.15) is 0 Å². The summed E-state index contributed by atoms with van der Waals surface area (Å²) in [6.45, 7) is 7.49. The number of hydrogen-bond acceptors (Lipinski definition) is 2. The van der Waals surface area contributed by atoms with Crippen LogP contribution in [0.25, 0.3) is 0 Å². The van der Waals surface area contributed by atoms with Gasteiger partial charge in [-0.15, -0.1) is 0 Å². The highest BCUT2D eigenvalue weighted by Gasteiger charge is 2.18. The lowest BCUT2D eigenvalue weighted by Gasteiger charge is -2.21. The molecule has 0 aliphatic heterocycles. The third-order valence-corrected chi connectivity index (χ3v) is 2.94. The monoisotopic (exact) mass is 235 g/mol. The van der Waals surface area contributed by atoms with E-state index in [1.165, 1.54) is 5.56 Å². The van der Waals surface area contributed by atoms with E-state index in [1.807, 2.05) is 12.1 Å². The van der Waals surface area contributed by atoms with Crippen LogP contribution >= 0.6 is 0 Å². The van der Waals surface area contributed by atoms with Gasteiger partial charge >= 0.3 is 0 Å². The van der Waals surface area contributed by atoms with Gasteiger partial charge in [0.2, 0.25) is 0 Å². The van der Waals surface area contributed by atoms with E-state index in [-0.39, 0.29) is 5.41 Å². The second-order valence-electron chi connectivity index (χ2n) is 6.01. The topological polar surface area (TPSA) is 23.5 Å². The number of benzene rings is 1. The Bertz CT molecular complexity index is 364. The Balaban J connectivity index is 2.76. The summed E-state index contributed by atoms with van der Waals surface area (Å²) in [7, 11) is 4.19. The van der Waals surface area contributed by atoms with Gasteiger partial charge in [0.15, 0.2) is 0 Å². The minimum absolute atomic E-state index is 0.00163. The smallest absolute Gasteiger partial charge is 0.119 e. The van der Waals surface area contributed by atoms with Crippen LogP contribution in [0.15, 0.2) is 18.2 Å². The summed E-state index contributed by atoms with van der Waals surface area (Å²) < 4.78 is 0. The molecular formula is C15H25NO. The van der Waals surface area contributed by atoms with Gasteiger partial charge in [-0.05, 0) is 56.1 Å². The van der Waals surface area contributed by atoms with Gasteiger partial charge in [-0.3, -0.25) is 0 Å². The molecule has 0 bridgehead atoms. The Morgan fingerprint density at radius 2 is 1.82 bits per heavy atom. The largest absolute Gasteiger partial charge is 0.508 e. The van der Waals surface area contributed by atoms with Crippen LogP contribution in [0.1, 0.15) is 38.3 Å². The van der Waals surface area contributed by atoms with Crippen molar-refractivity contribution in [3.8, 4) is 5.75 Å². The summed E-state index contributed by atoms with van der Waals surface area (Å²) in [5.41, 5.74) is 2.36. The van der Waals surface area contributed by atoms with Crippen LogP contribution in [0.2, 0.25) is 0 Å². The zero-order valence-electron chi connectivity index (χ0n) is 11.7. The van der Waals surface area contributed by atoms with Crippen molar-refractivity contribution in [1.82, 2.24) is 4.90 Å². The molecule has 0 aliphatic rings. The summed E-state index contributed by atoms with van der Waals surface area (Å²) in [4.78, 5) is 2.20. The van der Waals surface area contributed by atoms with Gasteiger partial charge in [-0.25, -0.2) is 0 Å². The second kappa shape index (κ2) is 5.54. The van der Waals surface area contributed by atoms with E-state index in [0.29, 0.717) is 5.75 Å². The molecular weight excluding hydrogens is 210 g/mol. The van der Waals surface area contributed by atoms with Gasteiger partial charge in [-0.1, -0.05) is 32.9 Å². The van der Waals surface area contributed by atoms with Crippen molar-refractivity contribution in [3.05, 3.63) is 29.3 Å². The van der Waals surface area contributed by atoms with Gasteiger partial charge in [0.1, 0.15) is 5.75 Å². The number of aromatic hydroxyl groups is 1. The molecule has 0 saturated carbocycles. The van der Waals surface area contributed by atoms with Crippen molar-refractivity contribution in [2.45, 2.75) is 39.0 Å². The number of nitrogens with zero attached hydrogens (tertiary/aromatic N) is 1. The first-order valence-electron chi connectivity index (χ1n) is 6.28. The number of phenols is 1. The minimum atomic E-state index is 0.00163. The average molecular weight is 235 g/mol. The molecule has 0 aliphatic carbocycles. The van der Waals surface area contributed by atoms with Crippen molar-refractivity contribution >= 4 is 0 Å². The van der Waals surface area contributed by atoms with Crippen molar-refractivity contribution in [3.63, 3.8) is 0 Å². The molecule has 96 valence electrons. The van der Waals surface area contributed by atoms with E-state index in [1.54, 1.807) is 0 Å². The molecule has 1 N–H and O–H groups in total. The van der Waals surface area contributed by atoms with Crippen molar-refractivity contribution in [2.75, 3.05) is 20.6 Å². The Morgan fingerprint density at radius 3 is 2.35 bits per heavy atom. The van der Waals surface area contributed by atoms with E-state index < -0.39 is 0 Å². The van der Waals surface area contributed by atoms with Gasteiger partial charge in [0.25, 0.3) is 0 Å². The maximum absolute atomic E-state index is 9.88. The minimum Gasteiger partial charge on any atom is -0.508 e. The lowest BCUT2D eigenvalue weighted by atomic mass is 9.85. The number of phenolic OH excluding ortho intramolecular Hbond substituents is 1. The van der Waals surface area contributed by atoms with Gasteiger partial charge in [0, 0.05) is 0 Å². The molecule has 0 amide bonds. The second-order valence-corrected chi connectivity index (χ2v) is 6.01. The first kappa shape index (κ1) is 14.0. The normalized spacial score (nSPS) is 12.1. The van der Waals surface area contributed by atoms with Crippen molar-refractivity contribution in [1.29, 1.82) is 0 Å². The molecule has 1 aromatic rings. The van der Waals surface area contributed by atoms with E-state index in [2.05, 4.69) is 45.8 Å². The van der Waals surface area contributed by atoms with E-state index in [9.17, 15) is 5.11 Å². The summed E-state index contributed by atoms with van der Waals surface area (Å²) in [5.74, 6) is 0.411. The molecule has 0 radical (unpaired) electrons. The van der Waals surface area contributed by atoms with Crippen molar-refractivity contribution < 1.29 is 5.11 Å². The highest BCUT2D eigenvalue weighted by atomic mass is 16.3. The van der Waals surface area contributed by atoms with Crippen LogP contribution in [0.3, 0.4) is 0 Å². The van der Waals surface area contributed by atoms with Crippen LogP contribution in [0.4, 0.5) is 0 Å². The molecule has 1 rings (SSSR count). The predicted octanol–water partition coefficient (Wildman–Crippen LogP) is 3.18. The molecule has 0 aromatic heterocycles. The standard InChI is InChI=1S/C15H25NO/c1-15(2,3)13-11-12(8-9-14(13)17)7-6-10-16(4)5/h8-9,11,17H,6-7,10H2,1-5H3. The fraction of sp³-hybridized carbons (Fsp3) is 0.600. The van der Waals surface area contributed by atoms with Gasteiger partial charge in [0.05, 0.1) is 0 Å². The third-order valence-electron chi connectivity index (χ3n) is 2.94. The highest BCUT2D eigenvalue weighted by molar-refractivity contribution is 5.40. The first-order valence-corrected chi connectivity index (χ1v) is 6.28. The molecule has 0 atom stereocenters. The molecule has 2 heteroatoms. The highest BCUT2D eigenvalue weighted by Crippen LogP contribution is 2.31. The Hall–Kier alpha value is -1.02. The Kier molecular flexibility index (Phi) is 4.58. The van der Waals surface area contributed by atoms with Crippen LogP contribution < -0.4 is 0 Å². The van der Waals surface area contributed by atoms with Crippen LogP contribution in [0, 0.1) is 0 Å². The first-order chi connectivity index (χ1) is 7.80. The quantitative estimate of drug-likeness (QED) is 0.866. The number of hydrogen-bond donors (Lipinski definition) is 1. The lowest BCUT2D eigenvalue weighted by molar-refractivity contribution is 0.400. The average Bonchev–Trinajstić information content (AvgIpc) is 2.18. The van der Waals surface area contributed by atoms with E-state index >= 15 is 0 Å². The Morgan fingerprint density at radius 1 is 1.18 bits per heavy atom. The molecule has 0 saturated heterocycles. The third kappa shape index (κ3) is 4.39. The molecule has 2 nitrogen and oxygen atoms in total. The molecule has 0 unspecified atom stereocenters. The zero-order valence-corrected chi connectivity index (χ0v) is 11.7.